The molecule has 9 heteroatoms. The second-order valence-electron chi connectivity index (χ2n) is 8.83. The standard InChI is InChI=1S/C29H25F2N3O4/c1-37-19-7-8-26-21(12-19)22(13-27(34-26)16-10-23(30)28(38-2)24(31)11-16)29(36)33-18(15-35)9-17-14-32-25-6-4-3-5-20(17)25/h3-8,10-14,18,32,35H,9,15H2,1-2H3,(H,33,36)/t18-/m1/s1. The summed E-state index contributed by atoms with van der Waals surface area (Å²) in [5.74, 6) is -2.23. The fourth-order valence-electron chi connectivity index (χ4n) is 4.56. The van der Waals surface area contributed by atoms with Crippen LogP contribution in [0.4, 0.5) is 8.78 Å². The number of fused-ring (bicyclic) bond motifs is 2. The quantitative estimate of drug-likeness (QED) is 0.269. The molecular weight excluding hydrogens is 492 g/mol. The molecule has 38 heavy (non-hydrogen) atoms. The van der Waals surface area contributed by atoms with Crippen molar-refractivity contribution in [1.29, 1.82) is 0 Å². The number of halogens is 2. The van der Waals surface area contributed by atoms with E-state index in [2.05, 4.69) is 15.3 Å². The Morgan fingerprint density at radius 2 is 1.79 bits per heavy atom. The number of H-pyrrole nitrogens is 1. The molecule has 0 spiro atoms. The summed E-state index contributed by atoms with van der Waals surface area (Å²) in [5.41, 5.74) is 2.91. The minimum absolute atomic E-state index is 0.144. The van der Waals surface area contributed by atoms with Crippen LogP contribution in [-0.2, 0) is 6.42 Å². The molecule has 1 atom stereocenters. The Kier molecular flexibility index (Phi) is 6.93. The monoisotopic (exact) mass is 517 g/mol. The number of aromatic amines is 1. The van der Waals surface area contributed by atoms with Crippen LogP contribution in [0.1, 0.15) is 15.9 Å². The number of carbonyl (C=O) groups is 1. The van der Waals surface area contributed by atoms with Crippen molar-refractivity contribution in [2.75, 3.05) is 20.8 Å². The van der Waals surface area contributed by atoms with Gasteiger partial charge in [-0.2, -0.15) is 0 Å². The number of amides is 1. The fourth-order valence-corrected chi connectivity index (χ4v) is 4.56. The number of rotatable bonds is 8. The van der Waals surface area contributed by atoms with Gasteiger partial charge in [-0.05, 0) is 54.4 Å². The van der Waals surface area contributed by atoms with Gasteiger partial charge in [0.25, 0.3) is 5.91 Å². The molecule has 5 rings (SSSR count). The van der Waals surface area contributed by atoms with Gasteiger partial charge in [-0.25, -0.2) is 13.8 Å². The Morgan fingerprint density at radius 1 is 1.03 bits per heavy atom. The van der Waals surface area contributed by atoms with Gasteiger partial charge < -0.3 is 24.9 Å². The van der Waals surface area contributed by atoms with Gasteiger partial charge in [0.2, 0.25) is 0 Å². The van der Waals surface area contributed by atoms with Crippen molar-refractivity contribution >= 4 is 27.7 Å². The molecule has 3 aromatic carbocycles. The highest BCUT2D eigenvalue weighted by molar-refractivity contribution is 6.07. The Bertz CT molecular complexity index is 1630. The molecule has 0 aliphatic carbocycles. The molecule has 0 unspecified atom stereocenters. The summed E-state index contributed by atoms with van der Waals surface area (Å²) in [6.07, 6.45) is 2.25. The van der Waals surface area contributed by atoms with E-state index in [1.165, 1.54) is 20.3 Å². The average molecular weight is 518 g/mol. The zero-order valence-corrected chi connectivity index (χ0v) is 20.7. The summed E-state index contributed by atoms with van der Waals surface area (Å²) in [6.45, 7) is -0.292. The summed E-state index contributed by atoms with van der Waals surface area (Å²) in [5, 5.41) is 14.5. The molecule has 194 valence electrons. The van der Waals surface area contributed by atoms with E-state index in [1.54, 1.807) is 18.2 Å². The lowest BCUT2D eigenvalue weighted by Crippen LogP contribution is -2.39. The maximum Gasteiger partial charge on any atom is 0.252 e. The Labute approximate surface area is 217 Å². The number of benzene rings is 3. The molecule has 2 heterocycles. The number of aliphatic hydroxyl groups is 1. The van der Waals surface area contributed by atoms with Crippen molar-refractivity contribution < 1.29 is 28.2 Å². The lowest BCUT2D eigenvalue weighted by molar-refractivity contribution is 0.0918. The molecule has 3 N–H and O–H groups in total. The van der Waals surface area contributed by atoms with E-state index < -0.39 is 29.3 Å². The van der Waals surface area contributed by atoms with Crippen LogP contribution in [0.3, 0.4) is 0 Å². The first-order valence-corrected chi connectivity index (χ1v) is 11.9. The summed E-state index contributed by atoms with van der Waals surface area (Å²) < 4.78 is 39.0. The molecule has 0 aliphatic rings. The minimum atomic E-state index is -0.885. The zero-order valence-electron chi connectivity index (χ0n) is 20.7. The minimum Gasteiger partial charge on any atom is -0.497 e. The summed E-state index contributed by atoms with van der Waals surface area (Å²) in [4.78, 5) is 21.3. The molecule has 0 aliphatic heterocycles. The van der Waals surface area contributed by atoms with Gasteiger partial charge in [0.05, 0.1) is 43.6 Å². The van der Waals surface area contributed by atoms with E-state index in [4.69, 9.17) is 9.47 Å². The molecule has 7 nitrogen and oxygen atoms in total. The van der Waals surface area contributed by atoms with Crippen molar-refractivity contribution in [3.05, 3.63) is 89.6 Å². The summed E-state index contributed by atoms with van der Waals surface area (Å²) in [6, 6.07) is 15.9. The number of nitrogens with one attached hydrogen (secondary N) is 2. The molecule has 0 fully saturated rings. The summed E-state index contributed by atoms with van der Waals surface area (Å²) >= 11 is 0. The van der Waals surface area contributed by atoms with E-state index in [-0.39, 0.29) is 23.4 Å². The number of para-hydroxylation sites is 1. The molecule has 0 saturated heterocycles. The number of aliphatic hydroxyl groups excluding tert-OH is 1. The number of hydrogen-bond acceptors (Lipinski definition) is 5. The van der Waals surface area contributed by atoms with Crippen LogP contribution in [0.15, 0.2) is 66.9 Å². The van der Waals surface area contributed by atoms with Crippen molar-refractivity contribution in [1.82, 2.24) is 15.3 Å². The molecule has 2 aromatic heterocycles. The normalized spacial score (nSPS) is 12.0. The topological polar surface area (TPSA) is 96.5 Å². The number of ether oxygens (including phenoxy) is 2. The highest BCUT2D eigenvalue weighted by Gasteiger charge is 2.21. The second kappa shape index (κ2) is 10.5. The predicted molar refractivity (Wildman–Crippen MR) is 141 cm³/mol. The van der Waals surface area contributed by atoms with Gasteiger partial charge in [-0.1, -0.05) is 18.2 Å². The second-order valence-corrected chi connectivity index (χ2v) is 8.83. The smallest absolute Gasteiger partial charge is 0.252 e. The lowest BCUT2D eigenvalue weighted by Gasteiger charge is -2.18. The molecule has 0 bridgehead atoms. The van der Waals surface area contributed by atoms with Crippen LogP contribution in [0.5, 0.6) is 11.5 Å². The number of pyridine rings is 1. The van der Waals surface area contributed by atoms with E-state index in [9.17, 15) is 18.7 Å². The van der Waals surface area contributed by atoms with Gasteiger partial charge >= 0.3 is 0 Å². The van der Waals surface area contributed by atoms with Crippen molar-refractivity contribution in [3.63, 3.8) is 0 Å². The Balaban J connectivity index is 1.53. The van der Waals surface area contributed by atoms with Gasteiger partial charge in [0, 0.05) is 28.0 Å². The van der Waals surface area contributed by atoms with Crippen LogP contribution < -0.4 is 14.8 Å². The Morgan fingerprint density at radius 3 is 2.50 bits per heavy atom. The largest absolute Gasteiger partial charge is 0.497 e. The Hall–Kier alpha value is -4.50. The molecule has 0 saturated carbocycles. The zero-order chi connectivity index (χ0) is 26.8. The molecule has 5 aromatic rings. The van der Waals surface area contributed by atoms with Crippen molar-refractivity contribution in [3.8, 4) is 22.8 Å². The SMILES string of the molecule is COc1ccc2nc(-c3cc(F)c(OC)c(F)c3)cc(C(=O)N[C@@H](CO)Cc3c[nH]c4ccccc34)c2c1. The highest BCUT2D eigenvalue weighted by atomic mass is 19.1. The number of aromatic nitrogens is 2. The third-order valence-corrected chi connectivity index (χ3v) is 6.46. The number of carbonyl (C=O) groups excluding carboxylic acids is 1. The fraction of sp³-hybridized carbons (Fsp3) is 0.172. The number of methoxy groups -OCH3 is 2. The maximum atomic E-state index is 14.5. The van der Waals surface area contributed by atoms with Crippen LogP contribution >= 0.6 is 0 Å². The predicted octanol–water partition coefficient (Wildman–Crippen LogP) is 5.01. The first kappa shape index (κ1) is 25.2. The van der Waals surface area contributed by atoms with E-state index in [0.29, 0.717) is 23.1 Å². The van der Waals surface area contributed by atoms with E-state index >= 15 is 0 Å². The van der Waals surface area contributed by atoms with Gasteiger partial charge in [0.15, 0.2) is 17.4 Å². The first-order valence-electron chi connectivity index (χ1n) is 11.9. The average Bonchev–Trinajstić information content (AvgIpc) is 3.34. The third-order valence-electron chi connectivity index (χ3n) is 6.46. The van der Waals surface area contributed by atoms with E-state index in [0.717, 1.165) is 28.6 Å². The van der Waals surface area contributed by atoms with Crippen molar-refractivity contribution in [2.45, 2.75) is 12.5 Å². The van der Waals surface area contributed by atoms with Crippen LogP contribution in [-0.4, -0.2) is 47.8 Å². The molecular formula is C29H25F2N3O4. The van der Waals surface area contributed by atoms with Gasteiger partial charge in [-0.15, -0.1) is 0 Å². The van der Waals surface area contributed by atoms with Gasteiger partial charge in [0.1, 0.15) is 5.75 Å². The lowest BCUT2D eigenvalue weighted by atomic mass is 10.0. The highest BCUT2D eigenvalue weighted by Crippen LogP contribution is 2.32. The third kappa shape index (κ3) is 4.76. The van der Waals surface area contributed by atoms with Crippen LogP contribution in [0.25, 0.3) is 33.1 Å². The molecule has 0 radical (unpaired) electrons. The summed E-state index contributed by atoms with van der Waals surface area (Å²) in [7, 11) is 2.69. The number of hydrogen-bond donors (Lipinski definition) is 3. The maximum absolute atomic E-state index is 14.5. The van der Waals surface area contributed by atoms with Gasteiger partial charge in [-0.3, -0.25) is 4.79 Å². The van der Waals surface area contributed by atoms with E-state index in [1.807, 2.05) is 30.5 Å². The van der Waals surface area contributed by atoms with Crippen LogP contribution in [0, 0.1) is 11.6 Å². The molecule has 1 amide bonds. The van der Waals surface area contributed by atoms with Crippen molar-refractivity contribution in [2.24, 2.45) is 0 Å². The first-order chi connectivity index (χ1) is 18.4. The number of nitrogens with zero attached hydrogens (tertiary/aromatic N) is 1. The van der Waals surface area contributed by atoms with Crippen LogP contribution in [0.2, 0.25) is 0 Å².